The first-order valence-corrected chi connectivity index (χ1v) is 12.8. The zero-order valence-electron chi connectivity index (χ0n) is 21.6. The monoisotopic (exact) mass is 538 g/mol. The van der Waals surface area contributed by atoms with Gasteiger partial charge >= 0.3 is 11.9 Å². The van der Waals surface area contributed by atoms with Crippen LogP contribution in [0, 0.1) is 5.92 Å². The third kappa shape index (κ3) is 7.48. The molecule has 2 aromatic carbocycles. The average Bonchev–Trinajstić information content (AvgIpc) is 2.92. The van der Waals surface area contributed by atoms with Crippen LogP contribution in [0.2, 0.25) is 0 Å². The number of carbonyl (C=O) groups excluding carboxylic acids is 3. The Morgan fingerprint density at radius 1 is 1.03 bits per heavy atom. The molecule has 0 aliphatic rings. The van der Waals surface area contributed by atoms with Crippen LogP contribution in [0.4, 0.5) is 0 Å². The molecule has 0 bridgehead atoms. The summed E-state index contributed by atoms with van der Waals surface area (Å²) in [5.41, 5.74) is -1.59. The quantitative estimate of drug-likeness (QED) is 0.154. The Labute approximate surface area is 225 Å². The summed E-state index contributed by atoms with van der Waals surface area (Å²) in [4.78, 5) is 43.4. The minimum Gasteiger partial charge on any atom is -0.493 e. The molecular weight excluding hydrogens is 508 g/mol. The van der Waals surface area contributed by atoms with Crippen molar-refractivity contribution in [2.45, 2.75) is 31.2 Å². The van der Waals surface area contributed by atoms with Crippen LogP contribution in [0.5, 0.6) is 17.2 Å². The fraction of sp³-hybridized carbons (Fsp3) is 0.286. The molecule has 10 heteroatoms. The Balaban J connectivity index is 1.89. The lowest BCUT2D eigenvalue weighted by atomic mass is 9.88. The van der Waals surface area contributed by atoms with Crippen LogP contribution in [0.25, 0.3) is 0 Å². The van der Waals surface area contributed by atoms with Gasteiger partial charge < -0.3 is 24.3 Å². The van der Waals surface area contributed by atoms with E-state index in [0.717, 1.165) is 4.90 Å². The lowest BCUT2D eigenvalue weighted by Gasteiger charge is -2.34. The van der Waals surface area contributed by atoms with Gasteiger partial charge in [0.1, 0.15) is 11.3 Å². The zero-order chi connectivity index (χ0) is 27.5. The van der Waals surface area contributed by atoms with Crippen LogP contribution < -0.4 is 19.5 Å². The number of aromatic nitrogens is 1. The molecule has 200 valence electrons. The fourth-order valence-corrected chi connectivity index (χ4v) is 4.47. The van der Waals surface area contributed by atoms with Gasteiger partial charge in [0.25, 0.3) is 5.91 Å². The van der Waals surface area contributed by atoms with Crippen molar-refractivity contribution in [1.29, 1.82) is 0 Å². The maximum Gasteiger partial charge on any atom is 0.337 e. The molecule has 0 aliphatic heterocycles. The molecule has 0 saturated carbocycles. The molecule has 0 saturated heterocycles. The summed E-state index contributed by atoms with van der Waals surface area (Å²) in [7, 11) is 1.40. The lowest BCUT2D eigenvalue weighted by Crippen LogP contribution is -2.59. The molecule has 0 spiro atoms. The predicted octanol–water partition coefficient (Wildman–Crippen LogP) is 4.51. The van der Waals surface area contributed by atoms with Crippen molar-refractivity contribution >= 4 is 29.6 Å². The highest BCUT2D eigenvalue weighted by molar-refractivity contribution is 7.99. The van der Waals surface area contributed by atoms with Crippen molar-refractivity contribution in [2.75, 3.05) is 19.7 Å². The SMILES string of the molecule is COc1ccnc(C(=O)NC(C)(C(=O)Oc2ccccc2)C(C)CSc2ccccc2)c1OCOC(C)=O. The van der Waals surface area contributed by atoms with Crippen LogP contribution >= 0.6 is 11.8 Å². The van der Waals surface area contributed by atoms with Crippen molar-refractivity contribution in [1.82, 2.24) is 10.3 Å². The minimum atomic E-state index is -1.45. The molecule has 1 aromatic heterocycles. The van der Waals surface area contributed by atoms with E-state index in [2.05, 4.69) is 10.3 Å². The Hall–Kier alpha value is -4.05. The Kier molecular flexibility index (Phi) is 10.1. The first-order valence-electron chi connectivity index (χ1n) is 11.8. The van der Waals surface area contributed by atoms with Crippen molar-refractivity contribution in [3.05, 3.63) is 78.6 Å². The number of hydrogen-bond acceptors (Lipinski definition) is 9. The van der Waals surface area contributed by atoms with E-state index < -0.39 is 30.2 Å². The molecule has 2 atom stereocenters. The smallest absolute Gasteiger partial charge is 0.337 e. The van der Waals surface area contributed by atoms with Crippen molar-refractivity contribution < 1.29 is 33.3 Å². The largest absolute Gasteiger partial charge is 0.493 e. The van der Waals surface area contributed by atoms with E-state index in [1.807, 2.05) is 43.3 Å². The molecule has 9 nitrogen and oxygen atoms in total. The lowest BCUT2D eigenvalue weighted by molar-refractivity contribution is -0.147. The fourth-order valence-electron chi connectivity index (χ4n) is 3.34. The van der Waals surface area contributed by atoms with Gasteiger partial charge in [-0.25, -0.2) is 9.78 Å². The van der Waals surface area contributed by atoms with E-state index in [9.17, 15) is 14.4 Å². The standard InChI is InChI=1S/C28H30N2O7S/c1-19(17-38-22-13-9-6-10-14-22)28(3,27(33)37-21-11-7-5-8-12-21)30-26(32)24-25(36-18-35-20(2)31)23(34-4)15-16-29-24/h5-16,19H,17-18H2,1-4H3,(H,30,32). The van der Waals surface area contributed by atoms with Crippen molar-refractivity contribution in [3.63, 3.8) is 0 Å². The van der Waals surface area contributed by atoms with E-state index in [1.165, 1.54) is 26.3 Å². The molecule has 1 heterocycles. The number of thioether (sulfide) groups is 1. The van der Waals surface area contributed by atoms with Crippen LogP contribution in [0.1, 0.15) is 31.3 Å². The Morgan fingerprint density at radius 2 is 1.68 bits per heavy atom. The van der Waals surface area contributed by atoms with Gasteiger partial charge in [-0.15, -0.1) is 11.8 Å². The number of ether oxygens (including phenoxy) is 4. The number of nitrogens with one attached hydrogen (secondary N) is 1. The maximum absolute atomic E-state index is 13.6. The van der Waals surface area contributed by atoms with E-state index in [0.29, 0.717) is 11.5 Å². The number of para-hydroxylation sites is 1. The summed E-state index contributed by atoms with van der Waals surface area (Å²) < 4.78 is 21.3. The number of esters is 2. The van der Waals surface area contributed by atoms with E-state index in [4.69, 9.17) is 18.9 Å². The number of amides is 1. The summed E-state index contributed by atoms with van der Waals surface area (Å²) in [6.45, 7) is 4.26. The van der Waals surface area contributed by atoms with Gasteiger partial charge in [0.15, 0.2) is 17.2 Å². The summed E-state index contributed by atoms with van der Waals surface area (Å²) in [5.74, 6) is -1.22. The van der Waals surface area contributed by atoms with Crippen LogP contribution in [-0.4, -0.2) is 48.0 Å². The van der Waals surface area contributed by atoms with Gasteiger partial charge in [-0.1, -0.05) is 43.3 Å². The van der Waals surface area contributed by atoms with Crippen molar-refractivity contribution in [3.8, 4) is 17.2 Å². The first kappa shape index (κ1) is 28.5. The van der Waals surface area contributed by atoms with E-state index in [-0.39, 0.29) is 23.1 Å². The molecule has 0 aliphatic carbocycles. The van der Waals surface area contributed by atoms with Gasteiger partial charge in [-0.3, -0.25) is 9.59 Å². The van der Waals surface area contributed by atoms with Crippen LogP contribution in [-0.2, 0) is 14.3 Å². The first-order chi connectivity index (χ1) is 18.2. The third-order valence-corrected chi connectivity index (χ3v) is 7.02. The van der Waals surface area contributed by atoms with E-state index >= 15 is 0 Å². The van der Waals surface area contributed by atoms with Gasteiger partial charge in [-0.2, -0.15) is 0 Å². The molecule has 0 fully saturated rings. The van der Waals surface area contributed by atoms with Gasteiger partial charge in [0.05, 0.1) is 7.11 Å². The van der Waals surface area contributed by atoms with Crippen molar-refractivity contribution in [2.24, 2.45) is 5.92 Å². The Morgan fingerprint density at radius 3 is 2.32 bits per heavy atom. The minimum absolute atomic E-state index is 0.0289. The number of pyridine rings is 1. The number of rotatable bonds is 12. The number of benzene rings is 2. The molecule has 0 radical (unpaired) electrons. The van der Waals surface area contributed by atoms with Gasteiger partial charge in [0, 0.05) is 29.8 Å². The average molecular weight is 539 g/mol. The highest BCUT2D eigenvalue weighted by Gasteiger charge is 2.43. The predicted molar refractivity (Wildman–Crippen MR) is 142 cm³/mol. The highest BCUT2D eigenvalue weighted by atomic mass is 32.2. The van der Waals surface area contributed by atoms with Gasteiger partial charge in [0.2, 0.25) is 6.79 Å². The second-order valence-corrected chi connectivity index (χ2v) is 9.57. The summed E-state index contributed by atoms with van der Waals surface area (Å²) in [5, 5.41) is 2.82. The second-order valence-electron chi connectivity index (χ2n) is 8.47. The number of carbonyl (C=O) groups is 3. The highest BCUT2D eigenvalue weighted by Crippen LogP contribution is 2.32. The topological polar surface area (TPSA) is 113 Å². The third-order valence-electron chi connectivity index (χ3n) is 5.75. The molecule has 1 amide bonds. The van der Waals surface area contributed by atoms with Crippen LogP contribution in [0.3, 0.4) is 0 Å². The Bertz CT molecular complexity index is 1240. The second kappa shape index (κ2) is 13.5. The van der Waals surface area contributed by atoms with Crippen LogP contribution in [0.15, 0.2) is 77.8 Å². The maximum atomic E-state index is 13.6. The van der Waals surface area contributed by atoms with E-state index in [1.54, 1.807) is 43.0 Å². The normalized spacial score (nSPS) is 12.9. The zero-order valence-corrected chi connectivity index (χ0v) is 22.4. The molecule has 38 heavy (non-hydrogen) atoms. The molecule has 2 unspecified atom stereocenters. The number of hydrogen-bond donors (Lipinski definition) is 1. The summed E-state index contributed by atoms with van der Waals surface area (Å²) in [6.07, 6.45) is 1.38. The number of nitrogens with zero attached hydrogens (tertiary/aromatic N) is 1. The molecule has 3 aromatic rings. The number of methoxy groups -OCH3 is 1. The molecular formula is C28H30N2O7S. The summed E-state index contributed by atoms with van der Waals surface area (Å²) >= 11 is 1.56. The van der Waals surface area contributed by atoms with Gasteiger partial charge in [-0.05, 0) is 37.1 Å². The molecule has 1 N–H and O–H groups in total. The molecule has 3 rings (SSSR count). The summed E-state index contributed by atoms with van der Waals surface area (Å²) in [6, 6.07) is 19.9.